The van der Waals surface area contributed by atoms with Gasteiger partial charge in [-0.05, 0) is 12.1 Å². The topological polar surface area (TPSA) is 80.9 Å². The first-order chi connectivity index (χ1) is 12.3. The molecule has 8 heteroatoms. The number of anilines is 1. The molecule has 0 saturated carbocycles. The van der Waals surface area contributed by atoms with Gasteiger partial charge in [0.1, 0.15) is 5.58 Å². The van der Waals surface area contributed by atoms with Crippen molar-refractivity contribution in [2.45, 2.75) is 10.9 Å². The second-order valence-electron chi connectivity index (χ2n) is 5.02. The van der Waals surface area contributed by atoms with Gasteiger partial charge in [-0.25, -0.2) is 15.0 Å². The molecule has 0 atom stereocenters. The molecule has 0 aliphatic rings. The van der Waals surface area contributed by atoms with E-state index in [2.05, 4.69) is 20.3 Å². The number of thiazole rings is 1. The second kappa shape index (κ2) is 7.04. The highest BCUT2D eigenvalue weighted by molar-refractivity contribution is 7.98. The van der Waals surface area contributed by atoms with Gasteiger partial charge >= 0.3 is 0 Å². The van der Waals surface area contributed by atoms with Crippen LogP contribution in [0.2, 0.25) is 0 Å². The van der Waals surface area contributed by atoms with Crippen molar-refractivity contribution >= 4 is 45.1 Å². The molecule has 0 bridgehead atoms. The van der Waals surface area contributed by atoms with E-state index in [1.807, 2.05) is 24.3 Å². The number of hydrogen-bond donors (Lipinski definition) is 1. The van der Waals surface area contributed by atoms with Crippen molar-refractivity contribution in [3.63, 3.8) is 0 Å². The van der Waals surface area contributed by atoms with Crippen molar-refractivity contribution in [1.29, 1.82) is 0 Å². The van der Waals surface area contributed by atoms with Crippen LogP contribution >= 0.6 is 23.1 Å². The summed E-state index contributed by atoms with van der Waals surface area (Å²) in [7, 11) is 0. The highest BCUT2D eigenvalue weighted by atomic mass is 32.2. The van der Waals surface area contributed by atoms with Crippen LogP contribution in [0, 0.1) is 0 Å². The van der Waals surface area contributed by atoms with Crippen molar-refractivity contribution in [3.8, 4) is 0 Å². The van der Waals surface area contributed by atoms with Crippen LogP contribution in [0.15, 0.2) is 63.9 Å². The lowest BCUT2D eigenvalue weighted by molar-refractivity contribution is 0.0998. The van der Waals surface area contributed by atoms with E-state index in [4.69, 9.17) is 4.42 Å². The monoisotopic (exact) mass is 368 g/mol. The van der Waals surface area contributed by atoms with Gasteiger partial charge in [0.25, 0.3) is 5.91 Å². The number of nitrogens with zero attached hydrogens (tertiary/aromatic N) is 3. The summed E-state index contributed by atoms with van der Waals surface area (Å²) in [5.74, 6) is 0.511. The van der Waals surface area contributed by atoms with Gasteiger partial charge in [0.05, 0.1) is 0 Å². The number of rotatable bonds is 5. The van der Waals surface area contributed by atoms with E-state index in [1.54, 1.807) is 30.0 Å². The number of hydrogen-bond acceptors (Lipinski definition) is 7. The third kappa shape index (κ3) is 3.40. The fourth-order valence-corrected chi connectivity index (χ4v) is 3.72. The van der Waals surface area contributed by atoms with Crippen LogP contribution < -0.4 is 5.32 Å². The molecule has 0 spiro atoms. The molecule has 1 N–H and O–H groups in total. The van der Waals surface area contributed by atoms with Gasteiger partial charge in [0.15, 0.2) is 16.0 Å². The van der Waals surface area contributed by atoms with Gasteiger partial charge in [0.2, 0.25) is 0 Å². The number of fused-ring (bicyclic) bond motifs is 1. The molecular formula is C17H12N4O2S2. The van der Waals surface area contributed by atoms with E-state index in [0.29, 0.717) is 27.4 Å². The van der Waals surface area contributed by atoms with E-state index in [9.17, 15) is 4.79 Å². The molecule has 0 saturated heterocycles. The molecule has 0 aliphatic heterocycles. The predicted molar refractivity (Wildman–Crippen MR) is 97.9 cm³/mol. The van der Waals surface area contributed by atoms with Gasteiger partial charge in [-0.1, -0.05) is 30.0 Å². The van der Waals surface area contributed by atoms with Gasteiger partial charge < -0.3 is 4.42 Å². The lowest BCUT2D eigenvalue weighted by atomic mass is 10.1. The Morgan fingerprint density at radius 1 is 1.12 bits per heavy atom. The first-order valence-electron chi connectivity index (χ1n) is 7.42. The first-order valence-corrected chi connectivity index (χ1v) is 9.29. The number of amides is 1. The summed E-state index contributed by atoms with van der Waals surface area (Å²) < 4.78 is 5.81. The normalized spacial score (nSPS) is 10.9. The summed E-state index contributed by atoms with van der Waals surface area (Å²) in [6, 6.07) is 9.37. The number of aromatic nitrogens is 3. The maximum atomic E-state index is 12.6. The molecular weight excluding hydrogens is 356 g/mol. The lowest BCUT2D eigenvalue weighted by Crippen LogP contribution is -2.12. The highest BCUT2D eigenvalue weighted by Gasteiger charge is 2.21. The average molecular weight is 368 g/mol. The van der Waals surface area contributed by atoms with E-state index in [1.165, 1.54) is 23.1 Å². The van der Waals surface area contributed by atoms with Crippen LogP contribution in [0.1, 0.15) is 16.1 Å². The molecule has 0 unspecified atom stereocenters. The predicted octanol–water partition coefficient (Wildman–Crippen LogP) is 4.22. The molecule has 3 aromatic heterocycles. The number of para-hydroxylation sites is 1. The smallest absolute Gasteiger partial charge is 0.293 e. The van der Waals surface area contributed by atoms with Crippen molar-refractivity contribution < 1.29 is 9.21 Å². The quantitative estimate of drug-likeness (QED) is 0.419. The van der Waals surface area contributed by atoms with Crippen LogP contribution in [-0.2, 0) is 5.75 Å². The average Bonchev–Trinajstić information content (AvgIpc) is 3.28. The van der Waals surface area contributed by atoms with Crippen LogP contribution in [0.5, 0.6) is 0 Å². The number of nitrogens with one attached hydrogen (secondary N) is 1. The zero-order valence-electron chi connectivity index (χ0n) is 12.9. The van der Waals surface area contributed by atoms with Crippen molar-refractivity contribution in [2.75, 3.05) is 5.32 Å². The zero-order valence-corrected chi connectivity index (χ0v) is 14.5. The molecule has 25 heavy (non-hydrogen) atoms. The van der Waals surface area contributed by atoms with E-state index in [0.717, 1.165) is 10.9 Å². The van der Waals surface area contributed by atoms with E-state index in [-0.39, 0.29) is 5.91 Å². The fraction of sp³-hybridized carbons (Fsp3) is 0.0588. The Balaban J connectivity index is 1.66. The summed E-state index contributed by atoms with van der Waals surface area (Å²) in [5.41, 5.74) is 1.50. The molecule has 0 fully saturated rings. The Kier molecular flexibility index (Phi) is 4.45. The highest BCUT2D eigenvalue weighted by Crippen LogP contribution is 2.31. The number of carbonyl (C=O) groups excluding carboxylic acids is 1. The summed E-state index contributed by atoms with van der Waals surface area (Å²) in [5, 5.41) is 6.68. The van der Waals surface area contributed by atoms with Crippen LogP contribution in [-0.4, -0.2) is 20.9 Å². The minimum Gasteiger partial charge on any atom is -0.451 e. The Labute approximate surface area is 151 Å². The minimum absolute atomic E-state index is 0.292. The Morgan fingerprint density at radius 2 is 1.96 bits per heavy atom. The summed E-state index contributed by atoms with van der Waals surface area (Å²) in [6.07, 6.45) is 5.03. The molecule has 124 valence electrons. The standard InChI is InChI=1S/C17H12N4O2S2/c22-15(21-17-20-8-9-24-17)14-12(10-25-16-18-6-3-7-19-16)11-4-1-2-5-13(11)23-14/h1-9H,10H2,(H,20,21,22). The zero-order chi connectivity index (χ0) is 17.1. The van der Waals surface area contributed by atoms with Crippen LogP contribution in [0.4, 0.5) is 5.13 Å². The molecule has 4 rings (SSSR count). The molecule has 1 aromatic carbocycles. The number of thioether (sulfide) groups is 1. The maximum Gasteiger partial charge on any atom is 0.293 e. The SMILES string of the molecule is O=C(Nc1nccs1)c1oc2ccccc2c1CSc1ncccn1. The molecule has 6 nitrogen and oxygen atoms in total. The Hall–Kier alpha value is -2.71. The number of benzene rings is 1. The first kappa shape index (κ1) is 15.8. The molecule has 4 aromatic rings. The third-order valence-electron chi connectivity index (χ3n) is 3.44. The summed E-state index contributed by atoms with van der Waals surface area (Å²) >= 11 is 2.82. The van der Waals surface area contributed by atoms with Gasteiger partial charge in [0, 0.05) is 40.7 Å². The summed E-state index contributed by atoms with van der Waals surface area (Å²) in [6.45, 7) is 0. The van der Waals surface area contributed by atoms with Gasteiger partial charge in [-0.2, -0.15) is 0 Å². The van der Waals surface area contributed by atoms with Crippen molar-refractivity contribution in [2.24, 2.45) is 0 Å². The summed E-state index contributed by atoms with van der Waals surface area (Å²) in [4.78, 5) is 25.1. The molecule has 0 aliphatic carbocycles. The second-order valence-corrected chi connectivity index (χ2v) is 6.85. The maximum absolute atomic E-state index is 12.6. The molecule has 0 radical (unpaired) electrons. The van der Waals surface area contributed by atoms with E-state index >= 15 is 0 Å². The van der Waals surface area contributed by atoms with Crippen LogP contribution in [0.25, 0.3) is 11.0 Å². The Morgan fingerprint density at radius 3 is 2.76 bits per heavy atom. The lowest BCUT2D eigenvalue weighted by Gasteiger charge is -2.03. The third-order valence-corrected chi connectivity index (χ3v) is 5.04. The number of furan rings is 1. The molecule has 3 heterocycles. The minimum atomic E-state index is -0.310. The molecule has 1 amide bonds. The largest absolute Gasteiger partial charge is 0.451 e. The Bertz CT molecular complexity index is 1000. The van der Waals surface area contributed by atoms with Gasteiger partial charge in [-0.15, -0.1) is 11.3 Å². The van der Waals surface area contributed by atoms with Crippen LogP contribution in [0.3, 0.4) is 0 Å². The fourth-order valence-electron chi connectivity index (χ4n) is 2.36. The van der Waals surface area contributed by atoms with Crippen molar-refractivity contribution in [1.82, 2.24) is 15.0 Å². The van der Waals surface area contributed by atoms with Gasteiger partial charge in [-0.3, -0.25) is 10.1 Å². The van der Waals surface area contributed by atoms with E-state index < -0.39 is 0 Å². The van der Waals surface area contributed by atoms with Crippen molar-refractivity contribution in [3.05, 3.63) is 65.6 Å². The number of carbonyl (C=O) groups is 1.